The molecule has 0 aliphatic heterocycles. The molecule has 0 saturated heterocycles. The van der Waals surface area contributed by atoms with E-state index in [2.05, 4.69) is 26.3 Å². The van der Waals surface area contributed by atoms with Crippen LogP contribution >= 0.6 is 15.9 Å². The molecule has 6 heteroatoms. The summed E-state index contributed by atoms with van der Waals surface area (Å²) < 4.78 is 1.84. The van der Waals surface area contributed by atoms with E-state index in [0.717, 1.165) is 0 Å². The van der Waals surface area contributed by atoms with Gasteiger partial charge in [0.2, 0.25) is 0 Å². The molecule has 0 saturated carbocycles. The van der Waals surface area contributed by atoms with E-state index in [4.69, 9.17) is 5.11 Å². The number of rotatable bonds is 4. The maximum absolute atomic E-state index is 11.7. The zero-order valence-corrected chi connectivity index (χ0v) is 10.3. The summed E-state index contributed by atoms with van der Waals surface area (Å²) in [5.74, 6) is 0. The number of aliphatic hydroxyl groups excluding tert-OH is 1. The van der Waals surface area contributed by atoms with Crippen molar-refractivity contribution in [1.29, 1.82) is 0 Å². The highest BCUT2D eigenvalue weighted by molar-refractivity contribution is 9.10. The van der Waals surface area contributed by atoms with Crippen LogP contribution in [0.5, 0.6) is 0 Å². The van der Waals surface area contributed by atoms with Gasteiger partial charge in [-0.1, -0.05) is 0 Å². The summed E-state index contributed by atoms with van der Waals surface area (Å²) in [7, 11) is 0. The summed E-state index contributed by atoms with van der Waals surface area (Å²) in [5, 5.41) is 15.6. The van der Waals surface area contributed by atoms with Gasteiger partial charge in [0.25, 0.3) is 5.56 Å². The Morgan fingerprint density at radius 1 is 1.67 bits per heavy atom. The number of hydrogen-bond donors (Lipinski definition) is 2. The summed E-state index contributed by atoms with van der Waals surface area (Å²) in [5.41, 5.74) is 0.430. The molecule has 84 valence electrons. The number of hydrogen-bond acceptors (Lipinski definition) is 4. The van der Waals surface area contributed by atoms with Crippen molar-refractivity contribution < 1.29 is 5.11 Å². The molecule has 0 fully saturated rings. The molecule has 15 heavy (non-hydrogen) atoms. The Kier molecular flexibility index (Phi) is 4.28. The fourth-order valence-electron chi connectivity index (χ4n) is 1.13. The first-order valence-corrected chi connectivity index (χ1v) is 5.49. The SMILES string of the molecule is CC(C)n1ncc(NCCO)c(Br)c1=O. The Morgan fingerprint density at radius 2 is 2.33 bits per heavy atom. The first kappa shape index (κ1) is 12.2. The second-order valence-electron chi connectivity index (χ2n) is 3.37. The molecule has 0 spiro atoms. The first-order valence-electron chi connectivity index (χ1n) is 4.70. The number of aliphatic hydroxyl groups is 1. The van der Waals surface area contributed by atoms with Gasteiger partial charge in [0, 0.05) is 6.54 Å². The third-order valence-corrected chi connectivity index (χ3v) is 2.63. The Hall–Kier alpha value is -0.880. The minimum absolute atomic E-state index is 0.0136. The van der Waals surface area contributed by atoms with Crippen LogP contribution in [0, 0.1) is 0 Å². The van der Waals surface area contributed by atoms with E-state index in [1.165, 1.54) is 4.68 Å². The summed E-state index contributed by atoms with van der Waals surface area (Å²) in [6.07, 6.45) is 1.57. The van der Waals surface area contributed by atoms with Crippen molar-refractivity contribution >= 4 is 21.6 Å². The molecular weight excluding hydrogens is 262 g/mol. The average molecular weight is 276 g/mol. The van der Waals surface area contributed by atoms with Crippen LogP contribution < -0.4 is 10.9 Å². The fraction of sp³-hybridized carbons (Fsp3) is 0.556. The standard InChI is InChI=1S/C9H14BrN3O2/c1-6(2)13-9(15)8(10)7(5-12-13)11-3-4-14/h5-6,11,14H,3-4H2,1-2H3. The van der Waals surface area contributed by atoms with Gasteiger partial charge in [-0.05, 0) is 29.8 Å². The van der Waals surface area contributed by atoms with Crippen molar-refractivity contribution in [3.63, 3.8) is 0 Å². The molecular formula is C9H14BrN3O2. The van der Waals surface area contributed by atoms with E-state index in [9.17, 15) is 4.79 Å². The number of anilines is 1. The normalized spacial score (nSPS) is 10.7. The number of nitrogens with zero attached hydrogens (tertiary/aromatic N) is 2. The molecule has 0 aliphatic rings. The maximum atomic E-state index is 11.7. The lowest BCUT2D eigenvalue weighted by Crippen LogP contribution is -2.26. The molecule has 0 amide bonds. The summed E-state index contributed by atoms with van der Waals surface area (Å²) in [6, 6.07) is 0.0284. The summed E-state index contributed by atoms with van der Waals surface area (Å²) in [4.78, 5) is 11.7. The van der Waals surface area contributed by atoms with Crippen LogP contribution in [0.2, 0.25) is 0 Å². The molecule has 5 nitrogen and oxygen atoms in total. The lowest BCUT2D eigenvalue weighted by atomic mass is 10.4. The van der Waals surface area contributed by atoms with Gasteiger partial charge in [0.05, 0.1) is 24.5 Å². The van der Waals surface area contributed by atoms with Crippen molar-refractivity contribution in [1.82, 2.24) is 9.78 Å². The molecule has 0 aliphatic carbocycles. The second-order valence-corrected chi connectivity index (χ2v) is 4.16. The van der Waals surface area contributed by atoms with E-state index in [1.807, 2.05) is 13.8 Å². The molecule has 0 atom stereocenters. The molecule has 0 radical (unpaired) electrons. The topological polar surface area (TPSA) is 67.2 Å². The zero-order chi connectivity index (χ0) is 11.4. The molecule has 1 aromatic rings. The molecule has 0 unspecified atom stereocenters. The van der Waals surface area contributed by atoms with Gasteiger partial charge in [-0.2, -0.15) is 5.10 Å². The van der Waals surface area contributed by atoms with E-state index in [1.54, 1.807) is 6.20 Å². The van der Waals surface area contributed by atoms with Gasteiger partial charge in [-0.3, -0.25) is 4.79 Å². The highest BCUT2D eigenvalue weighted by atomic mass is 79.9. The van der Waals surface area contributed by atoms with Gasteiger partial charge < -0.3 is 10.4 Å². The van der Waals surface area contributed by atoms with Crippen LogP contribution in [-0.4, -0.2) is 28.0 Å². The van der Waals surface area contributed by atoms with Crippen LogP contribution in [0.25, 0.3) is 0 Å². The minimum atomic E-state index is -0.173. The van der Waals surface area contributed by atoms with Gasteiger partial charge in [-0.25, -0.2) is 4.68 Å². The highest BCUT2D eigenvalue weighted by Crippen LogP contribution is 2.16. The third-order valence-electron chi connectivity index (χ3n) is 1.86. The monoisotopic (exact) mass is 275 g/mol. The van der Waals surface area contributed by atoms with Gasteiger partial charge >= 0.3 is 0 Å². The quantitative estimate of drug-likeness (QED) is 0.860. The van der Waals surface area contributed by atoms with E-state index >= 15 is 0 Å². The van der Waals surface area contributed by atoms with E-state index in [-0.39, 0.29) is 18.2 Å². The Labute approximate surface area is 96.2 Å². The molecule has 1 heterocycles. The van der Waals surface area contributed by atoms with Crippen molar-refractivity contribution in [2.75, 3.05) is 18.5 Å². The smallest absolute Gasteiger partial charge is 0.283 e. The second kappa shape index (κ2) is 5.27. The van der Waals surface area contributed by atoms with Crippen LogP contribution in [0.3, 0.4) is 0 Å². The fourth-order valence-corrected chi connectivity index (χ4v) is 1.55. The summed E-state index contributed by atoms with van der Waals surface area (Å²) in [6.45, 7) is 4.19. The highest BCUT2D eigenvalue weighted by Gasteiger charge is 2.09. The van der Waals surface area contributed by atoms with Crippen LogP contribution in [0.4, 0.5) is 5.69 Å². The molecule has 2 N–H and O–H groups in total. The van der Waals surface area contributed by atoms with Gasteiger partial charge in [0.1, 0.15) is 4.47 Å². The zero-order valence-electron chi connectivity index (χ0n) is 8.70. The molecule has 1 rings (SSSR count). The molecule has 0 bridgehead atoms. The van der Waals surface area contributed by atoms with Crippen LogP contribution in [-0.2, 0) is 0 Å². The van der Waals surface area contributed by atoms with Crippen molar-refractivity contribution in [2.24, 2.45) is 0 Å². The van der Waals surface area contributed by atoms with Crippen molar-refractivity contribution in [2.45, 2.75) is 19.9 Å². The number of nitrogens with one attached hydrogen (secondary N) is 1. The first-order chi connectivity index (χ1) is 7.07. The Balaban J connectivity index is 3.05. The predicted molar refractivity (Wildman–Crippen MR) is 62.2 cm³/mol. The maximum Gasteiger partial charge on any atom is 0.283 e. The Morgan fingerprint density at radius 3 is 2.87 bits per heavy atom. The molecule has 0 aromatic carbocycles. The Bertz CT molecular complexity index is 389. The van der Waals surface area contributed by atoms with Gasteiger partial charge in [-0.15, -0.1) is 0 Å². The lowest BCUT2D eigenvalue weighted by Gasteiger charge is -2.11. The van der Waals surface area contributed by atoms with Crippen molar-refractivity contribution in [3.05, 3.63) is 21.0 Å². The molecule has 1 aromatic heterocycles. The van der Waals surface area contributed by atoms with Crippen LogP contribution in [0.1, 0.15) is 19.9 Å². The van der Waals surface area contributed by atoms with Gasteiger partial charge in [0.15, 0.2) is 0 Å². The van der Waals surface area contributed by atoms with E-state index in [0.29, 0.717) is 16.7 Å². The number of halogens is 1. The average Bonchev–Trinajstić information content (AvgIpc) is 2.20. The lowest BCUT2D eigenvalue weighted by molar-refractivity contribution is 0.311. The third kappa shape index (κ3) is 2.79. The largest absolute Gasteiger partial charge is 0.395 e. The summed E-state index contributed by atoms with van der Waals surface area (Å²) >= 11 is 3.21. The minimum Gasteiger partial charge on any atom is -0.395 e. The predicted octanol–water partition coefficient (Wildman–Crippen LogP) is 0.991. The van der Waals surface area contributed by atoms with Crippen molar-refractivity contribution in [3.8, 4) is 0 Å². The number of aromatic nitrogens is 2. The van der Waals surface area contributed by atoms with Crippen LogP contribution in [0.15, 0.2) is 15.5 Å². The van der Waals surface area contributed by atoms with E-state index < -0.39 is 0 Å².